The summed E-state index contributed by atoms with van der Waals surface area (Å²) in [5.74, 6) is 1.02. The van der Waals surface area contributed by atoms with Crippen LogP contribution in [0.5, 0.6) is 0 Å². The van der Waals surface area contributed by atoms with Crippen LogP contribution in [0.1, 0.15) is 54.1 Å². The van der Waals surface area contributed by atoms with E-state index in [0.29, 0.717) is 10.7 Å². The minimum Gasteiger partial charge on any atom is -0.341 e. The number of aryl methyl sites for hydroxylation is 2. The number of nitrogens with one attached hydrogen (secondary N) is 1. The Hall–Kier alpha value is -2.53. The van der Waals surface area contributed by atoms with Gasteiger partial charge in [0.2, 0.25) is 5.11 Å². The highest BCUT2D eigenvalue weighted by atomic mass is 32.1. The van der Waals surface area contributed by atoms with Crippen LogP contribution in [-0.4, -0.2) is 22.3 Å². The van der Waals surface area contributed by atoms with E-state index >= 15 is 0 Å². The zero-order valence-electron chi connectivity index (χ0n) is 16.6. The average Bonchev–Trinajstić information content (AvgIpc) is 3.24. The fourth-order valence-electron chi connectivity index (χ4n) is 4.44. The first-order valence-electron chi connectivity index (χ1n) is 9.80. The Bertz CT molecular complexity index is 952. The molecule has 144 valence electrons. The number of para-hydroxylation sites is 1. The number of rotatable bonds is 3. The van der Waals surface area contributed by atoms with Gasteiger partial charge in [-0.15, -0.1) is 0 Å². The lowest BCUT2D eigenvalue weighted by Gasteiger charge is -2.37. The van der Waals surface area contributed by atoms with Crippen molar-refractivity contribution in [3.63, 3.8) is 0 Å². The van der Waals surface area contributed by atoms with Gasteiger partial charge < -0.3 is 10.2 Å². The number of hydrogen-bond donors (Lipinski definition) is 1. The summed E-state index contributed by atoms with van der Waals surface area (Å²) in [6.45, 7) is 5.81. The largest absolute Gasteiger partial charge is 0.341 e. The summed E-state index contributed by atoms with van der Waals surface area (Å²) in [4.78, 5) is 18.6. The van der Waals surface area contributed by atoms with Crippen molar-refractivity contribution < 1.29 is 4.79 Å². The number of carbonyl (C=O) groups excluding carboxylic acids is 1. The number of carbonyl (C=O) groups is 1. The van der Waals surface area contributed by atoms with Crippen molar-refractivity contribution in [3.05, 3.63) is 59.2 Å². The topological polar surface area (TPSA) is 44.7 Å². The van der Waals surface area contributed by atoms with Crippen molar-refractivity contribution in [2.24, 2.45) is 4.99 Å². The molecule has 1 saturated carbocycles. The standard InChI is InChI=1S/C23H25N3OS/c1-15-7-6-8-16(2)20(15)24-21-23(13-4-5-14-23)26(22(28)25-21)19-11-9-18(10-12-19)17(3)27/h6-12H,4-5,13-14H2,1-3H3,(H,24,25,28). The van der Waals surface area contributed by atoms with E-state index in [-0.39, 0.29) is 11.3 Å². The Kier molecular flexibility index (Phi) is 4.79. The lowest BCUT2D eigenvalue weighted by Crippen LogP contribution is -2.52. The predicted molar refractivity (Wildman–Crippen MR) is 120 cm³/mol. The number of benzene rings is 2. The smallest absolute Gasteiger partial charge is 0.202 e. The molecule has 5 heteroatoms. The monoisotopic (exact) mass is 391 g/mol. The molecule has 1 fully saturated rings. The molecule has 0 bridgehead atoms. The normalized spacial score (nSPS) is 17.9. The van der Waals surface area contributed by atoms with Crippen molar-refractivity contribution in [3.8, 4) is 0 Å². The minimum atomic E-state index is -0.233. The van der Waals surface area contributed by atoms with Crippen LogP contribution in [0.2, 0.25) is 0 Å². The summed E-state index contributed by atoms with van der Waals surface area (Å²) in [5, 5.41) is 4.23. The number of anilines is 2. The number of thiocarbonyl (C=S) groups is 1. The zero-order chi connectivity index (χ0) is 19.9. The van der Waals surface area contributed by atoms with E-state index in [0.717, 1.165) is 42.9 Å². The van der Waals surface area contributed by atoms with E-state index < -0.39 is 0 Å². The van der Waals surface area contributed by atoms with Gasteiger partial charge in [-0.2, -0.15) is 0 Å². The first-order chi connectivity index (χ1) is 13.4. The Morgan fingerprint density at radius 2 is 1.68 bits per heavy atom. The van der Waals surface area contributed by atoms with Crippen LogP contribution in [0.3, 0.4) is 0 Å². The molecule has 2 aromatic rings. The van der Waals surface area contributed by atoms with Crippen molar-refractivity contribution in [2.45, 2.75) is 52.0 Å². The zero-order valence-corrected chi connectivity index (χ0v) is 17.4. The van der Waals surface area contributed by atoms with Crippen LogP contribution in [0, 0.1) is 13.8 Å². The molecule has 4 rings (SSSR count). The SMILES string of the molecule is CC(=O)c1ccc(N2C(=S)N=C(Nc3c(C)cccc3C)C23CCCC3)cc1. The van der Waals surface area contributed by atoms with Crippen molar-refractivity contribution >= 4 is 40.3 Å². The van der Waals surface area contributed by atoms with Crippen molar-refractivity contribution in [2.75, 3.05) is 10.2 Å². The highest BCUT2D eigenvalue weighted by molar-refractivity contribution is 7.80. The lowest BCUT2D eigenvalue weighted by molar-refractivity contribution is 0.101. The van der Waals surface area contributed by atoms with Crippen LogP contribution < -0.4 is 10.2 Å². The molecule has 1 aliphatic heterocycles. The van der Waals surface area contributed by atoms with Gasteiger partial charge in [-0.1, -0.05) is 31.0 Å². The second-order valence-corrected chi connectivity index (χ2v) is 8.18. The maximum absolute atomic E-state index is 11.6. The van der Waals surface area contributed by atoms with E-state index in [9.17, 15) is 4.79 Å². The molecule has 0 aromatic heterocycles. The highest BCUT2D eigenvalue weighted by Crippen LogP contribution is 2.43. The number of aliphatic imine (C=N–C) groups is 1. The fraction of sp³-hybridized carbons (Fsp3) is 0.348. The van der Waals surface area contributed by atoms with Crippen LogP contribution in [0.4, 0.5) is 11.4 Å². The fourth-order valence-corrected chi connectivity index (χ4v) is 4.81. The van der Waals surface area contributed by atoms with Gasteiger partial charge in [0.25, 0.3) is 0 Å². The van der Waals surface area contributed by atoms with Crippen LogP contribution in [0.25, 0.3) is 0 Å². The van der Waals surface area contributed by atoms with Crippen LogP contribution >= 0.6 is 12.2 Å². The van der Waals surface area contributed by atoms with Crippen molar-refractivity contribution in [1.82, 2.24) is 0 Å². The van der Waals surface area contributed by atoms with E-state index in [1.807, 2.05) is 24.3 Å². The Labute approximate surface area is 171 Å². The van der Waals surface area contributed by atoms with Gasteiger partial charge in [0.05, 0.1) is 0 Å². The molecule has 1 aliphatic carbocycles. The van der Waals surface area contributed by atoms with Crippen LogP contribution in [0.15, 0.2) is 47.5 Å². The second-order valence-electron chi connectivity index (χ2n) is 7.81. The number of hydrogen-bond acceptors (Lipinski definition) is 3. The molecule has 1 spiro atoms. The van der Waals surface area contributed by atoms with Gasteiger partial charge in [-0.05, 0) is 81.2 Å². The minimum absolute atomic E-state index is 0.0692. The molecule has 1 heterocycles. The maximum atomic E-state index is 11.6. The summed E-state index contributed by atoms with van der Waals surface area (Å²) in [6.07, 6.45) is 4.33. The molecule has 28 heavy (non-hydrogen) atoms. The second kappa shape index (κ2) is 7.13. The summed E-state index contributed by atoms with van der Waals surface area (Å²) in [6, 6.07) is 14.0. The van der Waals surface area contributed by atoms with Crippen molar-refractivity contribution in [1.29, 1.82) is 0 Å². The first kappa shape index (κ1) is 18.8. The molecule has 0 saturated heterocycles. The third kappa shape index (κ3) is 3.04. The maximum Gasteiger partial charge on any atom is 0.202 e. The predicted octanol–water partition coefficient (Wildman–Crippen LogP) is 5.43. The summed E-state index contributed by atoms with van der Waals surface area (Å²) < 4.78 is 0. The molecule has 0 atom stereocenters. The molecule has 1 N–H and O–H groups in total. The van der Waals surface area contributed by atoms with Crippen LogP contribution in [-0.2, 0) is 0 Å². The number of nitrogens with zero attached hydrogens (tertiary/aromatic N) is 2. The van der Waals surface area contributed by atoms with Gasteiger partial charge in [0, 0.05) is 16.9 Å². The van der Waals surface area contributed by atoms with Gasteiger partial charge in [0.1, 0.15) is 11.4 Å². The van der Waals surface area contributed by atoms with E-state index in [1.54, 1.807) is 6.92 Å². The number of ketones is 1. The van der Waals surface area contributed by atoms with E-state index in [2.05, 4.69) is 42.3 Å². The molecular formula is C23H25N3OS. The molecular weight excluding hydrogens is 366 g/mol. The average molecular weight is 392 g/mol. The van der Waals surface area contributed by atoms with Gasteiger partial charge in [-0.25, -0.2) is 4.99 Å². The Balaban J connectivity index is 1.72. The van der Waals surface area contributed by atoms with Gasteiger partial charge in [0.15, 0.2) is 5.78 Å². The third-order valence-corrected chi connectivity index (χ3v) is 6.23. The van der Waals surface area contributed by atoms with Gasteiger partial charge >= 0.3 is 0 Å². The summed E-state index contributed by atoms with van der Waals surface area (Å²) in [7, 11) is 0. The lowest BCUT2D eigenvalue weighted by atomic mass is 9.93. The molecule has 2 aliphatic rings. The molecule has 0 radical (unpaired) electrons. The van der Waals surface area contributed by atoms with Gasteiger partial charge in [-0.3, -0.25) is 4.79 Å². The number of amidine groups is 1. The number of Topliss-reactive ketones (excluding diaryl/α,β-unsaturated/α-hetero) is 1. The summed E-state index contributed by atoms with van der Waals surface area (Å²) >= 11 is 5.71. The molecule has 0 unspecified atom stereocenters. The summed E-state index contributed by atoms with van der Waals surface area (Å²) in [5.41, 5.74) is 4.99. The molecule has 2 aromatic carbocycles. The third-order valence-electron chi connectivity index (χ3n) is 5.95. The quantitative estimate of drug-likeness (QED) is 0.559. The Morgan fingerprint density at radius 3 is 2.25 bits per heavy atom. The Morgan fingerprint density at radius 1 is 1.07 bits per heavy atom. The van der Waals surface area contributed by atoms with E-state index in [1.165, 1.54) is 11.1 Å². The van der Waals surface area contributed by atoms with E-state index in [4.69, 9.17) is 17.2 Å². The molecule has 0 amide bonds. The first-order valence-corrected chi connectivity index (χ1v) is 10.2. The highest BCUT2D eigenvalue weighted by Gasteiger charge is 2.50. The molecule has 4 nitrogen and oxygen atoms in total.